The molecule has 0 aromatic carbocycles. The van der Waals surface area contributed by atoms with Crippen LogP contribution in [0.2, 0.25) is 0 Å². The zero-order chi connectivity index (χ0) is 12.6. The van der Waals surface area contributed by atoms with Gasteiger partial charge in [-0.3, -0.25) is 9.59 Å². The van der Waals surface area contributed by atoms with Crippen LogP contribution in [0, 0.1) is 19.3 Å². The first-order valence-corrected chi connectivity index (χ1v) is 6.35. The maximum atomic E-state index is 11.7. The van der Waals surface area contributed by atoms with Crippen LogP contribution in [0.1, 0.15) is 28.2 Å². The lowest BCUT2D eigenvalue weighted by Gasteiger charge is -2.09. The van der Waals surface area contributed by atoms with Crippen LogP contribution in [0.3, 0.4) is 0 Å². The van der Waals surface area contributed by atoms with Gasteiger partial charge < -0.3 is 10.4 Å². The van der Waals surface area contributed by atoms with Crippen molar-refractivity contribution in [1.82, 2.24) is 5.32 Å². The second kappa shape index (κ2) is 4.14. The van der Waals surface area contributed by atoms with E-state index in [0.29, 0.717) is 19.4 Å². The van der Waals surface area contributed by atoms with Crippen molar-refractivity contribution in [3.05, 3.63) is 21.4 Å². The van der Waals surface area contributed by atoms with Gasteiger partial charge in [-0.05, 0) is 38.3 Å². The third-order valence-electron chi connectivity index (χ3n) is 3.23. The summed E-state index contributed by atoms with van der Waals surface area (Å²) in [6, 6.07) is 2.03. The van der Waals surface area contributed by atoms with E-state index in [4.69, 9.17) is 5.11 Å². The molecule has 1 aromatic rings. The van der Waals surface area contributed by atoms with Crippen LogP contribution in [-0.2, 0) is 16.1 Å². The van der Waals surface area contributed by atoms with Gasteiger partial charge in [0.05, 0.1) is 6.54 Å². The van der Waals surface area contributed by atoms with Gasteiger partial charge in [-0.2, -0.15) is 0 Å². The van der Waals surface area contributed by atoms with Crippen LogP contribution >= 0.6 is 11.3 Å². The highest BCUT2D eigenvalue weighted by atomic mass is 32.1. The van der Waals surface area contributed by atoms with Crippen LogP contribution < -0.4 is 5.32 Å². The summed E-state index contributed by atoms with van der Waals surface area (Å²) in [6.07, 6.45) is 0.910. The fourth-order valence-electron chi connectivity index (χ4n) is 1.74. The lowest BCUT2D eigenvalue weighted by molar-refractivity contribution is -0.149. The molecule has 0 bridgehead atoms. The molecule has 0 aliphatic heterocycles. The number of carboxylic acid groups (broad SMARTS) is 1. The van der Waals surface area contributed by atoms with Crippen molar-refractivity contribution < 1.29 is 14.7 Å². The van der Waals surface area contributed by atoms with Crippen LogP contribution in [0.4, 0.5) is 0 Å². The second-order valence-corrected chi connectivity index (χ2v) is 5.86. The van der Waals surface area contributed by atoms with Crippen molar-refractivity contribution in [2.75, 3.05) is 0 Å². The number of carboxylic acids is 1. The maximum absolute atomic E-state index is 11.7. The molecule has 0 spiro atoms. The van der Waals surface area contributed by atoms with E-state index in [0.717, 1.165) is 4.88 Å². The van der Waals surface area contributed by atoms with Gasteiger partial charge in [0.1, 0.15) is 5.41 Å². The molecule has 1 saturated carbocycles. The van der Waals surface area contributed by atoms with Crippen molar-refractivity contribution in [1.29, 1.82) is 0 Å². The predicted octanol–water partition coefficient (Wildman–Crippen LogP) is 1.85. The van der Waals surface area contributed by atoms with Gasteiger partial charge in [0, 0.05) is 9.75 Å². The first-order chi connectivity index (χ1) is 7.95. The van der Waals surface area contributed by atoms with E-state index < -0.39 is 11.4 Å². The SMILES string of the molecule is Cc1cc(CNC(=O)C2(C(=O)O)CC2)sc1C. The summed E-state index contributed by atoms with van der Waals surface area (Å²) in [5, 5.41) is 11.7. The molecule has 92 valence electrons. The van der Waals surface area contributed by atoms with Crippen LogP contribution in [0.15, 0.2) is 6.07 Å². The van der Waals surface area contributed by atoms with Gasteiger partial charge in [0.15, 0.2) is 0 Å². The molecule has 0 unspecified atom stereocenters. The lowest BCUT2D eigenvalue weighted by atomic mass is 10.1. The molecule has 4 nitrogen and oxygen atoms in total. The number of aliphatic carboxylic acids is 1. The lowest BCUT2D eigenvalue weighted by Crippen LogP contribution is -2.36. The Kier molecular flexibility index (Phi) is 2.95. The average Bonchev–Trinajstić information content (AvgIpc) is 3.00. The Morgan fingerprint density at radius 1 is 1.47 bits per heavy atom. The van der Waals surface area contributed by atoms with Gasteiger partial charge in [-0.25, -0.2) is 0 Å². The molecule has 0 saturated heterocycles. The second-order valence-electron chi connectivity index (χ2n) is 4.52. The molecule has 1 fully saturated rings. The molecule has 2 N–H and O–H groups in total. The monoisotopic (exact) mass is 253 g/mol. The fourth-order valence-corrected chi connectivity index (χ4v) is 2.73. The quantitative estimate of drug-likeness (QED) is 0.805. The normalized spacial score (nSPS) is 16.6. The molecule has 1 amide bonds. The third kappa shape index (κ3) is 2.20. The number of amides is 1. The van der Waals surface area contributed by atoms with Crippen molar-refractivity contribution in [2.24, 2.45) is 5.41 Å². The number of carbonyl (C=O) groups is 2. The number of carbonyl (C=O) groups excluding carboxylic acids is 1. The van der Waals surface area contributed by atoms with E-state index in [1.54, 1.807) is 11.3 Å². The van der Waals surface area contributed by atoms with Crippen molar-refractivity contribution in [3.63, 3.8) is 0 Å². The molecule has 2 rings (SSSR count). The zero-order valence-corrected chi connectivity index (χ0v) is 10.7. The summed E-state index contributed by atoms with van der Waals surface area (Å²) < 4.78 is 0. The van der Waals surface area contributed by atoms with Crippen LogP contribution in [-0.4, -0.2) is 17.0 Å². The van der Waals surface area contributed by atoms with E-state index in [2.05, 4.69) is 5.32 Å². The molecule has 5 heteroatoms. The van der Waals surface area contributed by atoms with Gasteiger partial charge in [0.2, 0.25) is 5.91 Å². The molecule has 17 heavy (non-hydrogen) atoms. The summed E-state index contributed by atoms with van der Waals surface area (Å²) in [7, 11) is 0. The topological polar surface area (TPSA) is 66.4 Å². The fraction of sp³-hybridized carbons (Fsp3) is 0.500. The summed E-state index contributed by atoms with van der Waals surface area (Å²) in [5.41, 5.74) is 0.0695. The highest BCUT2D eigenvalue weighted by Gasteiger charge is 2.56. The first kappa shape index (κ1) is 12.1. The molecular formula is C12H15NO3S. The molecule has 1 heterocycles. The largest absolute Gasteiger partial charge is 0.480 e. The first-order valence-electron chi connectivity index (χ1n) is 5.53. The Hall–Kier alpha value is -1.36. The van der Waals surface area contributed by atoms with Crippen LogP contribution in [0.5, 0.6) is 0 Å². The number of hydrogen-bond acceptors (Lipinski definition) is 3. The molecular weight excluding hydrogens is 238 g/mol. The summed E-state index contributed by atoms with van der Waals surface area (Å²) in [5.74, 6) is -1.36. The molecule has 0 radical (unpaired) electrons. The average molecular weight is 253 g/mol. The summed E-state index contributed by atoms with van der Waals surface area (Å²) in [4.78, 5) is 25.0. The molecule has 1 aliphatic rings. The Balaban J connectivity index is 1.95. The number of rotatable bonds is 4. The van der Waals surface area contributed by atoms with Crippen LogP contribution in [0.25, 0.3) is 0 Å². The Morgan fingerprint density at radius 2 is 2.12 bits per heavy atom. The smallest absolute Gasteiger partial charge is 0.319 e. The standard InChI is InChI=1S/C12H15NO3S/c1-7-5-9(17-8(7)2)6-13-10(14)12(3-4-12)11(15)16/h5H,3-4,6H2,1-2H3,(H,13,14)(H,15,16). The van der Waals surface area contributed by atoms with Crippen molar-refractivity contribution in [3.8, 4) is 0 Å². The van der Waals surface area contributed by atoms with E-state index in [1.165, 1.54) is 10.4 Å². The maximum Gasteiger partial charge on any atom is 0.319 e. The van der Waals surface area contributed by atoms with Gasteiger partial charge >= 0.3 is 5.97 Å². The Labute approximate surface area is 104 Å². The summed E-state index contributed by atoms with van der Waals surface area (Å²) >= 11 is 1.63. The third-order valence-corrected chi connectivity index (χ3v) is 4.39. The van der Waals surface area contributed by atoms with E-state index in [9.17, 15) is 9.59 Å². The van der Waals surface area contributed by atoms with Gasteiger partial charge in [0.25, 0.3) is 0 Å². The summed E-state index contributed by atoms with van der Waals surface area (Å²) in [6.45, 7) is 4.48. The van der Waals surface area contributed by atoms with E-state index in [-0.39, 0.29) is 5.91 Å². The number of hydrogen-bond donors (Lipinski definition) is 2. The molecule has 1 aliphatic carbocycles. The number of thiophene rings is 1. The molecule has 1 aromatic heterocycles. The van der Waals surface area contributed by atoms with Gasteiger partial charge in [-0.1, -0.05) is 0 Å². The van der Waals surface area contributed by atoms with Crippen molar-refractivity contribution in [2.45, 2.75) is 33.2 Å². The Morgan fingerprint density at radius 3 is 2.53 bits per heavy atom. The van der Waals surface area contributed by atoms with E-state index in [1.807, 2.05) is 19.9 Å². The number of aryl methyl sites for hydroxylation is 2. The highest BCUT2D eigenvalue weighted by molar-refractivity contribution is 7.12. The Bertz CT molecular complexity index is 455. The minimum Gasteiger partial charge on any atom is -0.480 e. The predicted molar refractivity (Wildman–Crippen MR) is 64.9 cm³/mol. The minimum atomic E-state index is -1.14. The minimum absolute atomic E-state index is 0.353. The number of nitrogens with one attached hydrogen (secondary N) is 1. The zero-order valence-electron chi connectivity index (χ0n) is 9.87. The van der Waals surface area contributed by atoms with Gasteiger partial charge in [-0.15, -0.1) is 11.3 Å². The van der Waals surface area contributed by atoms with E-state index >= 15 is 0 Å². The highest BCUT2D eigenvalue weighted by Crippen LogP contribution is 2.46. The van der Waals surface area contributed by atoms with Crippen molar-refractivity contribution >= 4 is 23.2 Å². The molecule has 0 atom stereocenters.